The van der Waals surface area contributed by atoms with Crippen LogP contribution in [0.3, 0.4) is 0 Å². The lowest BCUT2D eigenvalue weighted by atomic mass is 10.2. The molecule has 0 atom stereocenters. The van der Waals surface area contributed by atoms with Crippen LogP contribution in [-0.2, 0) is 19.4 Å². The number of benzene rings is 1. The van der Waals surface area contributed by atoms with E-state index in [9.17, 15) is 26.4 Å². The molecule has 12 heteroatoms. The van der Waals surface area contributed by atoms with Crippen molar-refractivity contribution >= 4 is 54.5 Å². The maximum absolute atomic E-state index is 13.1. The van der Waals surface area contributed by atoms with Crippen molar-refractivity contribution in [1.82, 2.24) is 5.32 Å². The van der Waals surface area contributed by atoms with Crippen molar-refractivity contribution in [3.8, 4) is 10.4 Å². The summed E-state index contributed by atoms with van der Waals surface area (Å²) in [5.74, 6) is -0.670. The van der Waals surface area contributed by atoms with Gasteiger partial charge in [0.2, 0.25) is 0 Å². The first-order valence-electron chi connectivity index (χ1n) is 8.70. The van der Waals surface area contributed by atoms with Crippen molar-refractivity contribution in [3.05, 3.63) is 45.8 Å². The molecule has 1 aromatic carbocycles. The Balaban J connectivity index is 2.48. The molecule has 6 nitrogen and oxygen atoms in total. The molecule has 168 valence electrons. The van der Waals surface area contributed by atoms with Gasteiger partial charge in [-0.25, -0.2) is 8.42 Å². The quantitative estimate of drug-likeness (QED) is 0.377. The number of thiophene rings is 1. The summed E-state index contributed by atoms with van der Waals surface area (Å²) < 4.78 is 67.0. The monoisotopic (exact) mass is 538 g/mol. The Morgan fingerprint density at radius 1 is 1.26 bits per heavy atom. The highest BCUT2D eigenvalue weighted by Crippen LogP contribution is 2.36. The third kappa shape index (κ3) is 6.65. The molecular weight excluding hydrogens is 521 g/mol. The molecule has 0 amide bonds. The molecule has 0 spiro atoms. The SMILES string of the molecule is CCOC(=O)CN/C(=C(/Br)C(=N)C(F)(F)F)c1ccc(-c2cccc(S(C)(=O)=O)c2)s1. The van der Waals surface area contributed by atoms with Crippen LogP contribution in [0.4, 0.5) is 13.2 Å². The van der Waals surface area contributed by atoms with Gasteiger partial charge < -0.3 is 10.1 Å². The van der Waals surface area contributed by atoms with E-state index in [4.69, 9.17) is 10.1 Å². The lowest BCUT2D eigenvalue weighted by molar-refractivity contribution is -0.141. The van der Waals surface area contributed by atoms with Gasteiger partial charge in [0.05, 0.1) is 26.6 Å². The van der Waals surface area contributed by atoms with Crippen molar-refractivity contribution in [1.29, 1.82) is 5.41 Å². The zero-order valence-corrected chi connectivity index (χ0v) is 19.6. The summed E-state index contributed by atoms with van der Waals surface area (Å²) in [4.78, 5) is 12.7. The van der Waals surface area contributed by atoms with E-state index in [1.54, 1.807) is 25.1 Å². The molecule has 0 aliphatic rings. The van der Waals surface area contributed by atoms with Gasteiger partial charge in [-0.1, -0.05) is 12.1 Å². The van der Waals surface area contributed by atoms with Crippen LogP contribution in [0.2, 0.25) is 0 Å². The number of esters is 1. The summed E-state index contributed by atoms with van der Waals surface area (Å²) in [5, 5.41) is 10.0. The van der Waals surface area contributed by atoms with Gasteiger partial charge in [0.1, 0.15) is 6.54 Å². The molecule has 0 bridgehead atoms. The van der Waals surface area contributed by atoms with Crippen LogP contribution in [0.25, 0.3) is 16.1 Å². The highest BCUT2D eigenvalue weighted by atomic mass is 79.9. The Bertz CT molecular complexity index is 1130. The zero-order valence-electron chi connectivity index (χ0n) is 16.3. The summed E-state index contributed by atoms with van der Waals surface area (Å²) in [7, 11) is -3.44. The molecule has 2 N–H and O–H groups in total. The van der Waals surface area contributed by atoms with Crippen LogP contribution in [0.1, 0.15) is 11.8 Å². The van der Waals surface area contributed by atoms with Gasteiger partial charge in [0, 0.05) is 11.1 Å². The van der Waals surface area contributed by atoms with Gasteiger partial charge in [0.25, 0.3) is 0 Å². The van der Waals surface area contributed by atoms with Crippen molar-refractivity contribution in [2.75, 3.05) is 19.4 Å². The van der Waals surface area contributed by atoms with Crippen molar-refractivity contribution in [3.63, 3.8) is 0 Å². The molecule has 1 heterocycles. The molecule has 0 aliphatic heterocycles. The first kappa shape index (κ1) is 25.1. The minimum Gasteiger partial charge on any atom is -0.465 e. The lowest BCUT2D eigenvalue weighted by Crippen LogP contribution is -2.28. The van der Waals surface area contributed by atoms with Crippen molar-refractivity contribution < 1.29 is 31.1 Å². The molecule has 31 heavy (non-hydrogen) atoms. The Hall–Kier alpha value is -2.18. The number of allylic oxidation sites excluding steroid dienone is 1. The van der Waals surface area contributed by atoms with Crippen LogP contribution in [-0.4, -0.2) is 45.7 Å². The first-order valence-corrected chi connectivity index (χ1v) is 12.2. The average Bonchev–Trinajstić information content (AvgIpc) is 3.16. The van der Waals surface area contributed by atoms with E-state index >= 15 is 0 Å². The van der Waals surface area contributed by atoms with E-state index < -0.39 is 38.7 Å². The molecule has 0 unspecified atom stereocenters. The Morgan fingerprint density at radius 3 is 2.52 bits per heavy atom. The van der Waals surface area contributed by atoms with Crippen molar-refractivity contribution in [2.45, 2.75) is 18.0 Å². The number of halogens is 4. The second-order valence-corrected chi connectivity index (χ2v) is 10.1. The Kier molecular flexibility index (Phi) is 8.06. The fraction of sp³-hybridized carbons (Fsp3) is 0.263. The van der Waals surface area contributed by atoms with Crippen LogP contribution >= 0.6 is 27.3 Å². The van der Waals surface area contributed by atoms with Crippen LogP contribution < -0.4 is 5.32 Å². The predicted octanol–water partition coefficient (Wildman–Crippen LogP) is 4.62. The topological polar surface area (TPSA) is 96.3 Å². The number of rotatable bonds is 8. The third-order valence-electron chi connectivity index (χ3n) is 3.84. The van der Waals surface area contributed by atoms with Gasteiger partial charge in [-0.15, -0.1) is 11.3 Å². The van der Waals surface area contributed by atoms with E-state index in [2.05, 4.69) is 21.2 Å². The molecule has 1 aromatic heterocycles. The highest BCUT2D eigenvalue weighted by molar-refractivity contribution is 9.12. The zero-order chi connectivity index (χ0) is 23.4. The number of carbonyl (C=O) groups is 1. The van der Waals surface area contributed by atoms with E-state index in [1.807, 2.05) is 0 Å². The first-order chi connectivity index (χ1) is 14.3. The third-order valence-corrected chi connectivity index (χ3v) is 6.89. The molecule has 2 aromatic rings. The highest BCUT2D eigenvalue weighted by Gasteiger charge is 2.37. The maximum atomic E-state index is 13.1. The molecular formula is C19H18BrF3N2O4S2. The Morgan fingerprint density at radius 2 is 1.94 bits per heavy atom. The lowest BCUT2D eigenvalue weighted by Gasteiger charge is -2.14. The molecule has 0 saturated carbocycles. The number of alkyl halides is 3. The molecule has 0 saturated heterocycles. The van der Waals surface area contributed by atoms with Crippen LogP contribution in [0.5, 0.6) is 0 Å². The van der Waals surface area contributed by atoms with Gasteiger partial charge in [0.15, 0.2) is 15.5 Å². The van der Waals surface area contributed by atoms with E-state index in [-0.39, 0.29) is 17.2 Å². The summed E-state index contributed by atoms with van der Waals surface area (Å²) >= 11 is 3.90. The number of carbonyl (C=O) groups excluding carboxylic acids is 1. The van der Waals surface area contributed by atoms with E-state index in [0.29, 0.717) is 15.3 Å². The van der Waals surface area contributed by atoms with E-state index in [1.165, 1.54) is 18.2 Å². The van der Waals surface area contributed by atoms with Gasteiger partial charge in [-0.2, -0.15) is 13.2 Å². The maximum Gasteiger partial charge on any atom is 0.433 e. The smallest absolute Gasteiger partial charge is 0.433 e. The number of hydrogen-bond donors (Lipinski definition) is 2. The minimum atomic E-state index is -4.90. The molecule has 2 rings (SSSR count). The van der Waals surface area contributed by atoms with E-state index in [0.717, 1.165) is 17.6 Å². The summed E-state index contributed by atoms with van der Waals surface area (Å²) in [6.45, 7) is 1.30. The van der Waals surface area contributed by atoms with Gasteiger partial charge in [-0.3, -0.25) is 10.2 Å². The molecule has 0 fully saturated rings. The summed E-state index contributed by atoms with van der Waals surface area (Å²) in [6.07, 6.45) is -3.83. The van der Waals surface area contributed by atoms with Gasteiger partial charge in [-0.05, 0) is 52.7 Å². The number of hydrogen-bond acceptors (Lipinski definition) is 7. The predicted molar refractivity (Wildman–Crippen MR) is 117 cm³/mol. The molecule has 0 radical (unpaired) electrons. The largest absolute Gasteiger partial charge is 0.465 e. The Labute approximate surface area is 189 Å². The molecule has 0 aliphatic carbocycles. The fourth-order valence-corrected chi connectivity index (χ4v) is 4.81. The second-order valence-electron chi connectivity index (χ2n) is 6.18. The second kappa shape index (κ2) is 9.96. The van der Waals surface area contributed by atoms with Crippen molar-refractivity contribution in [2.24, 2.45) is 0 Å². The summed E-state index contributed by atoms with van der Waals surface area (Å²) in [5.41, 5.74) is -1.16. The number of ether oxygens (including phenoxy) is 1. The van der Waals surface area contributed by atoms with Gasteiger partial charge >= 0.3 is 12.1 Å². The van der Waals surface area contributed by atoms with Crippen LogP contribution in [0, 0.1) is 5.41 Å². The number of sulfone groups is 1. The normalized spacial score (nSPS) is 12.8. The fourth-order valence-electron chi connectivity index (χ4n) is 2.40. The average molecular weight is 539 g/mol. The standard InChI is InChI=1S/C19H18BrF3N2O4S2/c1-3-29-15(26)10-25-17(16(20)18(24)19(21,22)23)14-8-7-13(30-14)11-5-4-6-12(9-11)31(2,27)28/h4-9,24-25H,3,10H2,1-2H3/b17-16+,24-18?. The minimum absolute atomic E-state index is 0.106. The summed E-state index contributed by atoms with van der Waals surface area (Å²) in [6, 6.07) is 9.28. The number of nitrogens with one attached hydrogen (secondary N) is 2. The van der Waals surface area contributed by atoms with Crippen LogP contribution in [0.15, 0.2) is 45.8 Å².